The van der Waals surface area contributed by atoms with Crippen LogP contribution >= 0.6 is 0 Å². The summed E-state index contributed by atoms with van der Waals surface area (Å²) in [4.78, 5) is 4.78. The number of para-hydroxylation sites is 2. The summed E-state index contributed by atoms with van der Waals surface area (Å²) in [6, 6.07) is 55.4. The third-order valence-electron chi connectivity index (χ3n) is 12.7. The van der Waals surface area contributed by atoms with E-state index in [1.54, 1.807) is 0 Å². The van der Waals surface area contributed by atoms with Gasteiger partial charge in [0.25, 0.3) is 0 Å². The number of anilines is 6. The van der Waals surface area contributed by atoms with Crippen molar-refractivity contribution in [1.29, 1.82) is 0 Å². The van der Waals surface area contributed by atoms with Crippen molar-refractivity contribution < 1.29 is 8.83 Å². The summed E-state index contributed by atoms with van der Waals surface area (Å²) in [5, 5.41) is 8.94. The number of nitrogens with zero attached hydrogens (tertiary/aromatic N) is 2. The zero-order valence-electron chi connectivity index (χ0n) is 35.6. The van der Waals surface area contributed by atoms with Gasteiger partial charge in [0.1, 0.15) is 22.3 Å². The first-order chi connectivity index (χ1) is 29.6. The molecule has 0 bridgehead atoms. The average molecular weight is 791 g/mol. The van der Waals surface area contributed by atoms with Gasteiger partial charge in [0.2, 0.25) is 0 Å². The first kappa shape index (κ1) is 36.8. The molecule has 0 spiro atoms. The number of hydrogen-bond donors (Lipinski definition) is 0. The van der Waals surface area contributed by atoms with Crippen LogP contribution in [0.3, 0.4) is 0 Å². The minimum atomic E-state index is 0.864. The van der Waals surface area contributed by atoms with Crippen molar-refractivity contribution in [1.82, 2.24) is 0 Å². The Kier molecular flexibility index (Phi) is 8.37. The summed E-state index contributed by atoms with van der Waals surface area (Å²) in [6.07, 6.45) is 0. The van der Waals surface area contributed by atoms with Gasteiger partial charge in [-0.05, 0) is 188 Å². The van der Waals surface area contributed by atoms with E-state index in [1.165, 1.54) is 56.1 Å². The highest BCUT2D eigenvalue weighted by Crippen LogP contribution is 2.46. The molecule has 0 unspecified atom stereocenters. The van der Waals surface area contributed by atoms with Crippen LogP contribution in [0.1, 0.15) is 38.9 Å². The van der Waals surface area contributed by atoms with E-state index in [1.807, 2.05) is 0 Å². The first-order valence-corrected chi connectivity index (χ1v) is 21.2. The van der Waals surface area contributed by atoms with Gasteiger partial charge < -0.3 is 18.6 Å². The highest BCUT2D eigenvalue weighted by molar-refractivity contribution is 6.28. The van der Waals surface area contributed by atoms with Crippen LogP contribution in [0.15, 0.2) is 160 Å². The summed E-state index contributed by atoms with van der Waals surface area (Å²) in [5.41, 5.74) is 18.8. The molecule has 11 aromatic rings. The van der Waals surface area contributed by atoms with E-state index < -0.39 is 0 Å². The van der Waals surface area contributed by atoms with Gasteiger partial charge in [-0.3, -0.25) is 0 Å². The van der Waals surface area contributed by atoms with Crippen molar-refractivity contribution in [2.24, 2.45) is 0 Å². The summed E-state index contributed by atoms with van der Waals surface area (Å²) >= 11 is 0. The van der Waals surface area contributed by atoms with Crippen LogP contribution in [-0.4, -0.2) is 0 Å². The maximum Gasteiger partial charge on any atom is 0.139 e. The van der Waals surface area contributed by atoms with Crippen molar-refractivity contribution in [2.45, 2.75) is 48.5 Å². The average Bonchev–Trinajstić information content (AvgIpc) is 3.80. The van der Waals surface area contributed by atoms with Gasteiger partial charge in [0, 0.05) is 55.7 Å². The third kappa shape index (κ3) is 5.96. The standard InChI is InChI=1S/C57H46N2O2/c1-33-16-18-37(5)50(24-33)58(48-14-10-8-12-35(48)3)44-22-20-40-29-46-52(31-42(40)27-44)60-54-26-39(7)57-56(55(46)54)47-30-41-21-23-45(28-43(41)32-53(47)61-57)59(49-15-11-9-13-36(49)4)51-25-34(2)17-19-38(51)6/h8-32H,1-7H3. The van der Waals surface area contributed by atoms with Crippen molar-refractivity contribution in [3.8, 4) is 0 Å². The van der Waals surface area contributed by atoms with E-state index in [9.17, 15) is 0 Å². The molecule has 4 nitrogen and oxygen atoms in total. The van der Waals surface area contributed by atoms with Crippen molar-refractivity contribution >= 4 is 99.5 Å². The van der Waals surface area contributed by atoms with Crippen LogP contribution in [0, 0.1) is 48.5 Å². The predicted molar refractivity (Wildman–Crippen MR) is 259 cm³/mol. The number of rotatable bonds is 6. The molecule has 296 valence electrons. The molecule has 0 N–H and O–H groups in total. The van der Waals surface area contributed by atoms with Crippen LogP contribution in [0.2, 0.25) is 0 Å². The third-order valence-corrected chi connectivity index (χ3v) is 12.7. The molecule has 11 rings (SSSR count). The van der Waals surface area contributed by atoms with E-state index in [0.717, 1.165) is 82.4 Å². The van der Waals surface area contributed by atoms with Gasteiger partial charge in [-0.25, -0.2) is 0 Å². The number of fused-ring (bicyclic) bond motifs is 9. The summed E-state index contributed by atoms with van der Waals surface area (Å²) in [5.74, 6) is 0. The molecule has 9 aromatic carbocycles. The predicted octanol–water partition coefficient (Wildman–Crippen LogP) is 16.9. The topological polar surface area (TPSA) is 32.8 Å². The zero-order chi connectivity index (χ0) is 41.7. The molecule has 2 heterocycles. The van der Waals surface area contributed by atoms with E-state index in [4.69, 9.17) is 8.83 Å². The Bertz CT molecular complexity index is 3590. The largest absolute Gasteiger partial charge is 0.456 e. The second-order valence-corrected chi connectivity index (χ2v) is 17.1. The van der Waals surface area contributed by atoms with Crippen LogP contribution in [-0.2, 0) is 0 Å². The van der Waals surface area contributed by atoms with Gasteiger partial charge in [-0.2, -0.15) is 0 Å². The molecule has 61 heavy (non-hydrogen) atoms. The fourth-order valence-corrected chi connectivity index (χ4v) is 9.46. The van der Waals surface area contributed by atoms with Crippen LogP contribution < -0.4 is 9.80 Å². The fraction of sp³-hybridized carbons (Fsp3) is 0.123. The fourth-order valence-electron chi connectivity index (χ4n) is 9.46. The van der Waals surface area contributed by atoms with Gasteiger partial charge in [-0.15, -0.1) is 0 Å². The first-order valence-electron chi connectivity index (χ1n) is 21.2. The SMILES string of the molecule is Cc1ccc(C)c(N(c2ccc3cc4c(cc3c2)oc2cc(C)c3oc5cc6cc(N(c7ccccc7C)c7cc(C)ccc7C)ccc6cc5c3c24)c2ccccc2C)c1. The molecule has 4 heteroatoms. The Morgan fingerprint density at radius 1 is 0.328 bits per heavy atom. The number of aryl methyl sites for hydroxylation is 7. The smallest absolute Gasteiger partial charge is 0.139 e. The Hall–Kier alpha value is -7.30. The quantitative estimate of drug-likeness (QED) is 0.168. The summed E-state index contributed by atoms with van der Waals surface area (Å²) in [6.45, 7) is 15.2. The molecule has 0 aliphatic rings. The molecule has 2 aromatic heterocycles. The summed E-state index contributed by atoms with van der Waals surface area (Å²) < 4.78 is 13.6. The molecule has 0 atom stereocenters. The highest BCUT2D eigenvalue weighted by Gasteiger charge is 2.23. The van der Waals surface area contributed by atoms with Gasteiger partial charge in [-0.1, -0.05) is 72.8 Å². The number of benzene rings is 9. The molecule has 0 amide bonds. The Labute approximate surface area is 355 Å². The van der Waals surface area contributed by atoms with E-state index in [2.05, 4.69) is 210 Å². The molecule has 0 aliphatic heterocycles. The molecule has 0 aliphatic carbocycles. The lowest BCUT2D eigenvalue weighted by Crippen LogP contribution is -2.12. The van der Waals surface area contributed by atoms with Crippen molar-refractivity contribution in [2.75, 3.05) is 9.80 Å². The van der Waals surface area contributed by atoms with E-state index >= 15 is 0 Å². The lowest BCUT2D eigenvalue weighted by molar-refractivity contribution is 0.660. The summed E-state index contributed by atoms with van der Waals surface area (Å²) in [7, 11) is 0. The molecular weight excluding hydrogens is 745 g/mol. The van der Waals surface area contributed by atoms with Crippen LogP contribution in [0.4, 0.5) is 34.1 Å². The number of hydrogen-bond acceptors (Lipinski definition) is 4. The van der Waals surface area contributed by atoms with Crippen LogP contribution in [0.5, 0.6) is 0 Å². The molecular formula is C57H46N2O2. The molecule has 0 fully saturated rings. The second-order valence-electron chi connectivity index (χ2n) is 17.1. The zero-order valence-corrected chi connectivity index (χ0v) is 35.6. The van der Waals surface area contributed by atoms with Gasteiger partial charge in [0.05, 0.1) is 0 Å². The molecule has 0 saturated heterocycles. The minimum absolute atomic E-state index is 0.864. The van der Waals surface area contributed by atoms with Gasteiger partial charge in [0.15, 0.2) is 0 Å². The highest BCUT2D eigenvalue weighted by atomic mass is 16.3. The maximum absolute atomic E-state index is 6.82. The normalized spacial score (nSPS) is 11.9. The Balaban J connectivity index is 1.07. The van der Waals surface area contributed by atoms with Crippen molar-refractivity contribution in [3.05, 3.63) is 191 Å². The molecule has 0 saturated carbocycles. The van der Waals surface area contributed by atoms with Crippen molar-refractivity contribution in [3.63, 3.8) is 0 Å². The van der Waals surface area contributed by atoms with Crippen LogP contribution in [0.25, 0.3) is 65.4 Å². The number of furan rings is 2. The lowest BCUT2D eigenvalue weighted by atomic mass is 9.99. The Morgan fingerprint density at radius 2 is 0.803 bits per heavy atom. The molecule has 0 radical (unpaired) electrons. The minimum Gasteiger partial charge on any atom is -0.456 e. The monoisotopic (exact) mass is 790 g/mol. The van der Waals surface area contributed by atoms with E-state index in [0.29, 0.717) is 0 Å². The second kappa shape index (κ2) is 13.9. The maximum atomic E-state index is 6.82. The Morgan fingerprint density at radius 3 is 1.33 bits per heavy atom. The van der Waals surface area contributed by atoms with Gasteiger partial charge >= 0.3 is 0 Å². The van der Waals surface area contributed by atoms with E-state index in [-0.39, 0.29) is 0 Å². The lowest BCUT2D eigenvalue weighted by Gasteiger charge is -2.29.